The van der Waals surface area contributed by atoms with E-state index in [4.69, 9.17) is 9.88 Å². The smallest absolute Gasteiger partial charge is 0.238 e. The number of rotatable bonds is 5. The minimum Gasteiger partial charge on any atom is -0.480 e. The fourth-order valence-electron chi connectivity index (χ4n) is 1.56. The Kier molecular flexibility index (Phi) is 4.16. The van der Waals surface area contributed by atoms with Gasteiger partial charge in [-0.2, -0.15) is 4.98 Å². The third-order valence-corrected chi connectivity index (χ3v) is 3.43. The molecular formula is C12H14N4O3S. The summed E-state index contributed by atoms with van der Waals surface area (Å²) in [7, 11) is -2.19. The van der Waals surface area contributed by atoms with E-state index in [0.717, 1.165) is 5.56 Å². The van der Waals surface area contributed by atoms with E-state index < -0.39 is 10.0 Å². The number of hydrogen-bond donors (Lipinski definition) is 2. The van der Waals surface area contributed by atoms with Gasteiger partial charge in [0.05, 0.1) is 24.4 Å². The lowest BCUT2D eigenvalue weighted by molar-refractivity contribution is 0.396. The summed E-state index contributed by atoms with van der Waals surface area (Å²) in [5.74, 6) is 0.929. The molecule has 106 valence electrons. The third-order valence-electron chi connectivity index (χ3n) is 2.52. The minimum atomic E-state index is -3.69. The quantitative estimate of drug-likeness (QED) is 0.842. The largest absolute Gasteiger partial charge is 0.480 e. The van der Waals surface area contributed by atoms with Crippen molar-refractivity contribution in [1.29, 1.82) is 0 Å². The molecule has 0 aliphatic rings. The number of ether oxygens (including phenoxy) is 1. The van der Waals surface area contributed by atoms with Gasteiger partial charge in [-0.3, -0.25) is 4.98 Å². The first-order valence-electron chi connectivity index (χ1n) is 5.70. The first-order chi connectivity index (χ1) is 9.49. The summed E-state index contributed by atoms with van der Waals surface area (Å²) in [5, 5.41) is 8.11. The van der Waals surface area contributed by atoms with Crippen LogP contribution in [-0.4, -0.2) is 25.5 Å². The van der Waals surface area contributed by atoms with E-state index in [1.54, 1.807) is 18.3 Å². The second-order valence-corrected chi connectivity index (χ2v) is 5.55. The van der Waals surface area contributed by atoms with E-state index in [1.807, 2.05) is 0 Å². The molecule has 0 spiro atoms. The predicted octanol–water partition coefficient (Wildman–Crippen LogP) is 0.745. The monoisotopic (exact) mass is 294 g/mol. The third kappa shape index (κ3) is 3.65. The van der Waals surface area contributed by atoms with Crippen LogP contribution in [0.3, 0.4) is 0 Å². The van der Waals surface area contributed by atoms with Crippen LogP contribution >= 0.6 is 0 Å². The summed E-state index contributed by atoms with van der Waals surface area (Å²) in [5.41, 5.74) is 0.765. The van der Waals surface area contributed by atoms with Crippen molar-refractivity contribution in [2.24, 2.45) is 5.14 Å². The number of sulfonamides is 1. The van der Waals surface area contributed by atoms with E-state index in [9.17, 15) is 8.42 Å². The molecule has 0 bridgehead atoms. The van der Waals surface area contributed by atoms with Crippen LogP contribution in [0.2, 0.25) is 0 Å². The molecule has 0 radical (unpaired) electrons. The van der Waals surface area contributed by atoms with Crippen LogP contribution < -0.4 is 15.2 Å². The molecule has 2 aromatic rings. The normalized spacial score (nSPS) is 11.1. The van der Waals surface area contributed by atoms with E-state index in [0.29, 0.717) is 18.2 Å². The van der Waals surface area contributed by atoms with Gasteiger partial charge >= 0.3 is 0 Å². The Balaban J connectivity index is 2.11. The fraction of sp³-hybridized carbons (Fsp3) is 0.167. The van der Waals surface area contributed by atoms with Crippen LogP contribution in [0.1, 0.15) is 5.56 Å². The Bertz CT molecular complexity index is 703. The second kappa shape index (κ2) is 5.85. The van der Waals surface area contributed by atoms with Gasteiger partial charge in [-0.15, -0.1) is 0 Å². The number of primary sulfonamides is 1. The molecule has 2 rings (SSSR count). The number of benzene rings is 1. The van der Waals surface area contributed by atoms with Crippen LogP contribution in [0.25, 0.3) is 0 Å². The Morgan fingerprint density at radius 3 is 2.85 bits per heavy atom. The highest BCUT2D eigenvalue weighted by Crippen LogP contribution is 2.13. The highest BCUT2D eigenvalue weighted by Gasteiger charge is 2.07. The fourth-order valence-corrected chi connectivity index (χ4v) is 2.14. The summed E-state index contributed by atoms with van der Waals surface area (Å²) in [4.78, 5) is 8.17. The van der Waals surface area contributed by atoms with Crippen molar-refractivity contribution in [3.63, 3.8) is 0 Å². The number of anilines is 1. The number of methoxy groups -OCH3 is 1. The Morgan fingerprint density at radius 1 is 1.35 bits per heavy atom. The average Bonchev–Trinajstić information content (AvgIpc) is 2.45. The molecule has 0 atom stereocenters. The summed E-state index contributed by atoms with van der Waals surface area (Å²) in [6.45, 7) is 0.394. The van der Waals surface area contributed by atoms with Gasteiger partial charge in [-0.05, 0) is 17.7 Å². The molecule has 20 heavy (non-hydrogen) atoms. The summed E-state index contributed by atoms with van der Waals surface area (Å²) in [6, 6.07) is 6.38. The Morgan fingerprint density at radius 2 is 2.15 bits per heavy atom. The van der Waals surface area contributed by atoms with E-state index >= 15 is 0 Å². The average molecular weight is 294 g/mol. The minimum absolute atomic E-state index is 0.0773. The van der Waals surface area contributed by atoms with E-state index in [-0.39, 0.29) is 4.90 Å². The maximum atomic E-state index is 11.3. The molecule has 1 aromatic carbocycles. The molecule has 0 unspecified atom stereocenters. The van der Waals surface area contributed by atoms with Crippen molar-refractivity contribution >= 4 is 15.8 Å². The number of nitrogens with zero attached hydrogens (tertiary/aromatic N) is 2. The highest BCUT2D eigenvalue weighted by molar-refractivity contribution is 7.89. The molecule has 0 saturated carbocycles. The maximum absolute atomic E-state index is 11.3. The zero-order valence-corrected chi connectivity index (χ0v) is 11.6. The van der Waals surface area contributed by atoms with E-state index in [1.165, 1.54) is 25.4 Å². The summed E-state index contributed by atoms with van der Waals surface area (Å²) in [6.07, 6.45) is 3.04. The molecule has 0 aliphatic heterocycles. The first-order valence-corrected chi connectivity index (χ1v) is 7.25. The molecule has 0 amide bonds. The second-order valence-electron chi connectivity index (χ2n) is 3.99. The standard InChI is InChI=1S/C12H14N4O3S/c1-19-12-8-14-7-11(16-12)15-6-9-3-2-4-10(5-9)20(13,17)18/h2-5,7-8H,6H2,1H3,(H,15,16)(H2,13,17,18). The van der Waals surface area contributed by atoms with Crippen molar-refractivity contribution in [3.05, 3.63) is 42.2 Å². The lowest BCUT2D eigenvalue weighted by Gasteiger charge is -2.07. The van der Waals surface area contributed by atoms with Gasteiger partial charge < -0.3 is 10.1 Å². The molecule has 8 heteroatoms. The predicted molar refractivity (Wildman–Crippen MR) is 73.7 cm³/mol. The van der Waals surface area contributed by atoms with Gasteiger partial charge in [0.25, 0.3) is 0 Å². The number of nitrogens with two attached hydrogens (primary N) is 1. The van der Waals surface area contributed by atoms with Crippen molar-refractivity contribution in [3.8, 4) is 5.88 Å². The van der Waals surface area contributed by atoms with Gasteiger partial charge in [-0.25, -0.2) is 13.6 Å². The van der Waals surface area contributed by atoms with Crippen molar-refractivity contribution in [1.82, 2.24) is 9.97 Å². The maximum Gasteiger partial charge on any atom is 0.238 e. The molecular weight excluding hydrogens is 280 g/mol. The van der Waals surface area contributed by atoms with E-state index in [2.05, 4.69) is 15.3 Å². The van der Waals surface area contributed by atoms with Crippen LogP contribution in [-0.2, 0) is 16.6 Å². The first kappa shape index (κ1) is 14.2. The number of hydrogen-bond acceptors (Lipinski definition) is 6. The van der Waals surface area contributed by atoms with Gasteiger partial charge in [0.1, 0.15) is 5.82 Å². The van der Waals surface area contributed by atoms with Crippen LogP contribution in [0.15, 0.2) is 41.6 Å². The van der Waals surface area contributed by atoms with Crippen molar-refractivity contribution < 1.29 is 13.2 Å². The zero-order chi connectivity index (χ0) is 14.6. The lowest BCUT2D eigenvalue weighted by Crippen LogP contribution is -2.12. The highest BCUT2D eigenvalue weighted by atomic mass is 32.2. The zero-order valence-electron chi connectivity index (χ0n) is 10.8. The van der Waals surface area contributed by atoms with Gasteiger partial charge in [-0.1, -0.05) is 12.1 Å². The van der Waals surface area contributed by atoms with Crippen LogP contribution in [0.4, 0.5) is 5.82 Å². The summed E-state index contributed by atoms with van der Waals surface area (Å²) >= 11 is 0. The van der Waals surface area contributed by atoms with Gasteiger partial charge in [0, 0.05) is 6.54 Å². The molecule has 7 nitrogen and oxygen atoms in total. The topological polar surface area (TPSA) is 107 Å². The van der Waals surface area contributed by atoms with Crippen LogP contribution in [0.5, 0.6) is 5.88 Å². The molecule has 1 heterocycles. The molecule has 0 fully saturated rings. The number of aromatic nitrogens is 2. The van der Waals surface area contributed by atoms with Crippen molar-refractivity contribution in [2.75, 3.05) is 12.4 Å². The Hall–Kier alpha value is -2.19. The SMILES string of the molecule is COc1cncc(NCc2cccc(S(N)(=O)=O)c2)n1. The molecule has 0 aliphatic carbocycles. The molecule has 1 aromatic heterocycles. The molecule has 0 saturated heterocycles. The Labute approximate surface area is 116 Å². The van der Waals surface area contributed by atoms with Crippen LogP contribution in [0, 0.1) is 0 Å². The van der Waals surface area contributed by atoms with Gasteiger partial charge in [0.15, 0.2) is 0 Å². The molecule has 3 N–H and O–H groups in total. The van der Waals surface area contributed by atoms with Crippen molar-refractivity contribution in [2.45, 2.75) is 11.4 Å². The lowest BCUT2D eigenvalue weighted by atomic mass is 10.2. The summed E-state index contributed by atoms with van der Waals surface area (Å²) < 4.78 is 27.5. The van der Waals surface area contributed by atoms with Gasteiger partial charge in [0.2, 0.25) is 15.9 Å². The number of nitrogens with one attached hydrogen (secondary N) is 1.